The van der Waals surface area contributed by atoms with E-state index in [1.807, 2.05) is 60.9 Å². The Labute approximate surface area is 166 Å². The van der Waals surface area contributed by atoms with Gasteiger partial charge in [-0.2, -0.15) is 0 Å². The van der Waals surface area contributed by atoms with Crippen molar-refractivity contribution in [2.45, 2.75) is 26.0 Å². The molecular formula is C22H28N2O4. The first-order valence-corrected chi connectivity index (χ1v) is 9.42. The smallest absolute Gasteiger partial charge is 0.207 e. The zero-order valence-corrected chi connectivity index (χ0v) is 16.5. The van der Waals surface area contributed by atoms with Crippen LogP contribution in [0.4, 0.5) is 0 Å². The fourth-order valence-electron chi connectivity index (χ4n) is 2.89. The second-order valence-corrected chi connectivity index (χ2v) is 6.49. The fourth-order valence-corrected chi connectivity index (χ4v) is 2.89. The van der Waals surface area contributed by atoms with Gasteiger partial charge in [0.1, 0.15) is 11.5 Å². The van der Waals surface area contributed by atoms with E-state index in [4.69, 9.17) is 18.9 Å². The lowest BCUT2D eigenvalue weighted by atomic mass is 10.2. The molecule has 2 aromatic carbocycles. The highest BCUT2D eigenvalue weighted by atomic mass is 16.5. The molecule has 0 saturated heterocycles. The van der Waals surface area contributed by atoms with E-state index >= 15 is 0 Å². The van der Waals surface area contributed by atoms with Crippen molar-refractivity contribution >= 4 is 0 Å². The number of hydrogen-bond donors (Lipinski definition) is 1. The summed E-state index contributed by atoms with van der Waals surface area (Å²) in [5.74, 6) is 1.71. The topological polar surface area (TPSA) is 52.2 Å². The van der Waals surface area contributed by atoms with E-state index in [0.717, 1.165) is 35.6 Å². The summed E-state index contributed by atoms with van der Waals surface area (Å²) in [6, 6.07) is 15.9. The molecule has 0 fully saturated rings. The van der Waals surface area contributed by atoms with Gasteiger partial charge in [0.25, 0.3) is 0 Å². The van der Waals surface area contributed by atoms with Crippen LogP contribution in [0.5, 0.6) is 11.5 Å². The molecule has 0 aromatic heterocycles. The highest BCUT2D eigenvalue weighted by Crippen LogP contribution is 2.15. The fraction of sp³-hybridized carbons (Fsp3) is 0.364. The lowest BCUT2D eigenvalue weighted by molar-refractivity contribution is -0.0522. The van der Waals surface area contributed by atoms with Gasteiger partial charge in [-0.15, -0.1) is 0 Å². The van der Waals surface area contributed by atoms with E-state index in [9.17, 15) is 0 Å². The van der Waals surface area contributed by atoms with Crippen molar-refractivity contribution in [2.75, 3.05) is 27.4 Å². The third-order valence-corrected chi connectivity index (χ3v) is 4.51. The second-order valence-electron chi connectivity index (χ2n) is 6.49. The zero-order valence-electron chi connectivity index (χ0n) is 16.5. The molecule has 2 aromatic rings. The minimum atomic E-state index is -0.149. The summed E-state index contributed by atoms with van der Waals surface area (Å²) >= 11 is 0. The van der Waals surface area contributed by atoms with Crippen LogP contribution in [0.15, 0.2) is 60.9 Å². The number of nitrogens with one attached hydrogen (secondary N) is 1. The Morgan fingerprint density at radius 2 is 1.46 bits per heavy atom. The van der Waals surface area contributed by atoms with Crippen molar-refractivity contribution in [3.05, 3.63) is 72.1 Å². The van der Waals surface area contributed by atoms with Gasteiger partial charge in [-0.25, -0.2) is 0 Å². The van der Waals surface area contributed by atoms with Gasteiger partial charge in [-0.1, -0.05) is 24.3 Å². The predicted octanol–water partition coefficient (Wildman–Crippen LogP) is 3.49. The van der Waals surface area contributed by atoms with Crippen molar-refractivity contribution in [1.82, 2.24) is 10.2 Å². The molecule has 0 saturated carbocycles. The quantitative estimate of drug-likeness (QED) is 0.599. The summed E-state index contributed by atoms with van der Waals surface area (Å²) in [6.07, 6.45) is 4.70. The van der Waals surface area contributed by atoms with Crippen LogP contribution in [0, 0.1) is 0 Å². The summed E-state index contributed by atoms with van der Waals surface area (Å²) in [7, 11) is 3.33. The molecule has 28 heavy (non-hydrogen) atoms. The van der Waals surface area contributed by atoms with Crippen LogP contribution in [-0.4, -0.2) is 38.6 Å². The second kappa shape index (κ2) is 10.6. The molecule has 0 spiro atoms. The van der Waals surface area contributed by atoms with Crippen molar-refractivity contribution < 1.29 is 18.9 Å². The number of methoxy groups -OCH3 is 2. The minimum Gasteiger partial charge on any atom is -0.497 e. The van der Waals surface area contributed by atoms with Gasteiger partial charge in [0.05, 0.1) is 27.4 Å². The van der Waals surface area contributed by atoms with Crippen molar-refractivity contribution in [1.29, 1.82) is 0 Å². The molecule has 6 heteroatoms. The van der Waals surface area contributed by atoms with Gasteiger partial charge < -0.3 is 29.2 Å². The largest absolute Gasteiger partial charge is 0.497 e. The Bertz CT molecular complexity index is 731. The van der Waals surface area contributed by atoms with E-state index in [1.165, 1.54) is 0 Å². The average Bonchev–Trinajstić information content (AvgIpc) is 3.20. The summed E-state index contributed by atoms with van der Waals surface area (Å²) < 4.78 is 22.1. The van der Waals surface area contributed by atoms with Crippen molar-refractivity contribution in [3.63, 3.8) is 0 Å². The SMILES string of the molecule is COc1ccc(COCCCN2C=CNC2OCc2ccc(OC)cc2)cc1. The van der Waals surface area contributed by atoms with Crippen LogP contribution in [0.25, 0.3) is 0 Å². The predicted molar refractivity (Wildman–Crippen MR) is 108 cm³/mol. The summed E-state index contributed by atoms with van der Waals surface area (Å²) in [4.78, 5) is 2.14. The van der Waals surface area contributed by atoms with Crippen LogP contribution in [0.2, 0.25) is 0 Å². The molecule has 1 unspecified atom stereocenters. The van der Waals surface area contributed by atoms with Gasteiger partial charge in [-0.3, -0.25) is 0 Å². The summed E-state index contributed by atoms with van der Waals surface area (Å²) in [5, 5.41) is 3.22. The molecule has 0 radical (unpaired) electrons. The maximum Gasteiger partial charge on any atom is 0.207 e. The molecule has 0 aliphatic carbocycles. The van der Waals surface area contributed by atoms with Gasteiger partial charge in [0.2, 0.25) is 6.35 Å². The van der Waals surface area contributed by atoms with E-state index in [0.29, 0.717) is 19.8 Å². The number of hydrogen-bond acceptors (Lipinski definition) is 6. The van der Waals surface area contributed by atoms with E-state index in [1.54, 1.807) is 14.2 Å². The Balaban J connectivity index is 1.33. The minimum absolute atomic E-state index is 0.149. The van der Waals surface area contributed by atoms with Gasteiger partial charge in [-0.05, 0) is 41.8 Å². The van der Waals surface area contributed by atoms with Crippen LogP contribution >= 0.6 is 0 Å². The molecule has 6 nitrogen and oxygen atoms in total. The number of nitrogens with zero attached hydrogens (tertiary/aromatic N) is 1. The van der Waals surface area contributed by atoms with E-state index < -0.39 is 0 Å². The number of rotatable bonds is 11. The Morgan fingerprint density at radius 1 is 0.857 bits per heavy atom. The van der Waals surface area contributed by atoms with Gasteiger partial charge >= 0.3 is 0 Å². The normalized spacial score (nSPS) is 15.5. The van der Waals surface area contributed by atoms with Gasteiger partial charge in [0, 0.05) is 25.6 Å². The maximum absolute atomic E-state index is 5.98. The van der Waals surface area contributed by atoms with Crippen molar-refractivity contribution in [2.24, 2.45) is 0 Å². The highest BCUT2D eigenvalue weighted by molar-refractivity contribution is 5.27. The molecule has 3 rings (SSSR count). The van der Waals surface area contributed by atoms with E-state index in [2.05, 4.69) is 10.2 Å². The molecule has 1 aliphatic rings. The Kier molecular flexibility index (Phi) is 7.58. The van der Waals surface area contributed by atoms with Gasteiger partial charge in [0.15, 0.2) is 0 Å². The molecule has 1 N–H and O–H groups in total. The number of benzene rings is 2. The van der Waals surface area contributed by atoms with Crippen LogP contribution in [-0.2, 0) is 22.7 Å². The molecule has 0 bridgehead atoms. The molecule has 150 valence electrons. The van der Waals surface area contributed by atoms with Crippen LogP contribution in [0.1, 0.15) is 17.5 Å². The summed E-state index contributed by atoms with van der Waals surface area (Å²) in [6.45, 7) is 2.70. The lowest BCUT2D eigenvalue weighted by Gasteiger charge is -2.25. The first kappa shape index (κ1) is 20.0. The first-order chi connectivity index (χ1) is 13.8. The average molecular weight is 384 g/mol. The highest BCUT2D eigenvalue weighted by Gasteiger charge is 2.18. The molecule has 1 aliphatic heterocycles. The van der Waals surface area contributed by atoms with E-state index in [-0.39, 0.29) is 6.35 Å². The third-order valence-electron chi connectivity index (χ3n) is 4.51. The zero-order chi connectivity index (χ0) is 19.6. The Morgan fingerprint density at radius 3 is 2.07 bits per heavy atom. The van der Waals surface area contributed by atoms with Crippen molar-refractivity contribution in [3.8, 4) is 11.5 Å². The number of ether oxygens (including phenoxy) is 4. The lowest BCUT2D eigenvalue weighted by Crippen LogP contribution is -2.38. The maximum atomic E-state index is 5.98. The van der Waals surface area contributed by atoms with Crippen LogP contribution in [0.3, 0.4) is 0 Å². The first-order valence-electron chi connectivity index (χ1n) is 9.42. The third kappa shape index (κ3) is 5.90. The molecule has 1 heterocycles. The summed E-state index contributed by atoms with van der Waals surface area (Å²) in [5.41, 5.74) is 2.25. The monoisotopic (exact) mass is 384 g/mol. The standard InChI is InChI=1S/C22H28N2O4/c1-25-20-8-4-18(5-9-20)16-27-15-3-13-24-14-12-23-22(24)28-17-19-6-10-21(26-2)11-7-19/h4-12,14,22-23H,3,13,15-17H2,1-2H3. The molecule has 1 atom stereocenters. The van der Waals surface area contributed by atoms with Crippen LogP contribution < -0.4 is 14.8 Å². The molecule has 0 amide bonds. The molecular weight excluding hydrogens is 356 g/mol. The Hall–Kier alpha value is -2.70.